The van der Waals surface area contributed by atoms with Crippen molar-refractivity contribution < 1.29 is 13.9 Å². The van der Waals surface area contributed by atoms with E-state index >= 15 is 0 Å². The van der Waals surface area contributed by atoms with Gasteiger partial charge in [0.1, 0.15) is 0 Å². The van der Waals surface area contributed by atoms with Gasteiger partial charge in [-0.15, -0.1) is 0 Å². The summed E-state index contributed by atoms with van der Waals surface area (Å²) in [6.07, 6.45) is 0. The van der Waals surface area contributed by atoms with Crippen LogP contribution in [0.3, 0.4) is 0 Å². The number of nitrogens with zero attached hydrogens (tertiary/aromatic N) is 2. The fourth-order valence-corrected chi connectivity index (χ4v) is 6.69. The van der Waals surface area contributed by atoms with E-state index in [0.29, 0.717) is 0 Å². The van der Waals surface area contributed by atoms with E-state index < -0.39 is 25.8 Å². The number of hydrogen-bond acceptors (Lipinski definition) is 3. The van der Waals surface area contributed by atoms with Crippen molar-refractivity contribution >= 4 is 25.3 Å². The number of rotatable bonds is 8. The minimum atomic E-state index is -2.87. The first kappa shape index (κ1) is 22.6. The molecule has 0 saturated carbocycles. The lowest BCUT2D eigenvalue weighted by Crippen LogP contribution is -2.41. The summed E-state index contributed by atoms with van der Waals surface area (Å²) in [4.78, 5) is 0. The second kappa shape index (κ2) is 8.38. The van der Waals surface area contributed by atoms with Crippen molar-refractivity contribution in [1.82, 2.24) is 9.34 Å². The van der Waals surface area contributed by atoms with Crippen LogP contribution in [-0.2, 0) is 13.9 Å². The van der Waals surface area contributed by atoms with Crippen LogP contribution in [0.2, 0.25) is 0 Å². The summed E-state index contributed by atoms with van der Waals surface area (Å²) in [5.74, 6) is 0. The molecular weight excluding hydrogens is 358 g/mol. The van der Waals surface area contributed by atoms with E-state index in [1.165, 1.54) is 0 Å². The van der Waals surface area contributed by atoms with Crippen molar-refractivity contribution in [2.45, 2.75) is 66.6 Å². The van der Waals surface area contributed by atoms with Crippen LogP contribution < -0.4 is 10.8 Å². The van der Waals surface area contributed by atoms with Crippen LogP contribution in [0.15, 0.2) is 24.3 Å². The van der Waals surface area contributed by atoms with Crippen molar-refractivity contribution in [3.8, 4) is 0 Å². The standard InChI is InChI=1S/C20H36BN2O3P/c1-9-22(10-2)27(24,23(11-3)12-4)18-15-13-14-17(16-18)21-25-19(5,6)20(7,8)26-21/h13-16H,9-12H2,1-8H3. The van der Waals surface area contributed by atoms with Crippen LogP contribution in [0.4, 0.5) is 0 Å². The fourth-order valence-electron chi connectivity index (χ4n) is 3.55. The third-order valence-electron chi connectivity index (χ3n) is 5.96. The molecule has 0 radical (unpaired) electrons. The summed E-state index contributed by atoms with van der Waals surface area (Å²) < 4.78 is 30.9. The Morgan fingerprint density at radius 3 is 1.74 bits per heavy atom. The summed E-state index contributed by atoms with van der Waals surface area (Å²) in [7, 11) is -3.32. The second-order valence-electron chi connectivity index (χ2n) is 8.01. The monoisotopic (exact) mass is 394 g/mol. The first-order valence-corrected chi connectivity index (χ1v) is 11.8. The van der Waals surface area contributed by atoms with Gasteiger partial charge in [-0.25, -0.2) is 9.34 Å². The fraction of sp³-hybridized carbons (Fsp3) is 0.700. The molecule has 0 bridgehead atoms. The van der Waals surface area contributed by atoms with E-state index in [4.69, 9.17) is 9.31 Å². The highest BCUT2D eigenvalue weighted by Gasteiger charge is 2.52. The third-order valence-corrected chi connectivity index (χ3v) is 9.57. The lowest BCUT2D eigenvalue weighted by molar-refractivity contribution is 0.00578. The molecule has 1 fully saturated rings. The molecule has 0 N–H and O–H groups in total. The van der Waals surface area contributed by atoms with Gasteiger partial charge in [0.15, 0.2) is 0 Å². The van der Waals surface area contributed by atoms with Crippen molar-refractivity contribution in [3.63, 3.8) is 0 Å². The van der Waals surface area contributed by atoms with Gasteiger partial charge in [0.05, 0.1) is 11.2 Å². The number of benzene rings is 1. The first-order valence-electron chi connectivity index (χ1n) is 10.1. The Labute approximate surface area is 166 Å². The lowest BCUT2D eigenvalue weighted by atomic mass is 9.79. The average molecular weight is 394 g/mol. The topological polar surface area (TPSA) is 42.0 Å². The van der Waals surface area contributed by atoms with Crippen molar-refractivity contribution in [3.05, 3.63) is 24.3 Å². The molecule has 5 nitrogen and oxygen atoms in total. The Bertz CT molecular complexity index is 656. The third kappa shape index (κ3) is 4.06. The molecule has 27 heavy (non-hydrogen) atoms. The molecule has 1 aliphatic heterocycles. The maximum Gasteiger partial charge on any atom is 0.494 e. The highest BCUT2D eigenvalue weighted by atomic mass is 31.2. The van der Waals surface area contributed by atoms with E-state index in [-0.39, 0.29) is 0 Å². The van der Waals surface area contributed by atoms with Gasteiger partial charge in [-0.3, -0.25) is 4.57 Å². The first-order chi connectivity index (χ1) is 12.6. The smallest absolute Gasteiger partial charge is 0.399 e. The Morgan fingerprint density at radius 1 is 0.889 bits per heavy atom. The van der Waals surface area contributed by atoms with Crippen LogP contribution >= 0.6 is 7.44 Å². The van der Waals surface area contributed by atoms with Gasteiger partial charge in [0.25, 0.3) is 0 Å². The van der Waals surface area contributed by atoms with Crippen LogP contribution in [0.1, 0.15) is 55.4 Å². The van der Waals surface area contributed by atoms with Crippen LogP contribution in [0, 0.1) is 0 Å². The van der Waals surface area contributed by atoms with Crippen molar-refractivity contribution in [2.24, 2.45) is 0 Å². The minimum absolute atomic E-state index is 0.394. The molecule has 1 aromatic carbocycles. The summed E-state index contributed by atoms with van der Waals surface area (Å²) >= 11 is 0. The van der Waals surface area contributed by atoms with Gasteiger partial charge in [-0.2, -0.15) is 0 Å². The second-order valence-corrected chi connectivity index (χ2v) is 10.7. The molecule has 0 aromatic heterocycles. The molecule has 0 unspecified atom stereocenters. The molecule has 0 amide bonds. The van der Waals surface area contributed by atoms with Crippen molar-refractivity contribution in [1.29, 1.82) is 0 Å². The Morgan fingerprint density at radius 2 is 1.33 bits per heavy atom. The van der Waals surface area contributed by atoms with Gasteiger partial charge in [-0.1, -0.05) is 39.8 Å². The summed E-state index contributed by atoms with van der Waals surface area (Å²) in [5, 5.41) is 0.849. The van der Waals surface area contributed by atoms with Gasteiger partial charge in [-0.05, 0) is 45.3 Å². The molecule has 1 aromatic rings. The van der Waals surface area contributed by atoms with Gasteiger partial charge >= 0.3 is 7.12 Å². The number of hydrogen-bond donors (Lipinski definition) is 0. The Balaban J connectivity index is 2.49. The van der Waals surface area contributed by atoms with Gasteiger partial charge in [0.2, 0.25) is 7.44 Å². The minimum Gasteiger partial charge on any atom is -0.399 e. The zero-order valence-electron chi connectivity index (χ0n) is 18.3. The Hall–Kier alpha value is -0.645. The summed E-state index contributed by atoms with van der Waals surface area (Å²) in [6.45, 7) is 19.4. The summed E-state index contributed by atoms with van der Waals surface area (Å²) in [6, 6.07) is 7.96. The van der Waals surface area contributed by atoms with Crippen LogP contribution in [0.5, 0.6) is 0 Å². The zero-order chi connectivity index (χ0) is 20.5. The molecular formula is C20H36BN2O3P. The lowest BCUT2D eigenvalue weighted by Gasteiger charge is -2.38. The zero-order valence-corrected chi connectivity index (χ0v) is 19.2. The maximum absolute atomic E-state index is 14.3. The van der Waals surface area contributed by atoms with E-state index in [2.05, 4.69) is 37.0 Å². The van der Waals surface area contributed by atoms with E-state index in [1.54, 1.807) is 0 Å². The van der Waals surface area contributed by atoms with E-state index in [0.717, 1.165) is 36.9 Å². The largest absolute Gasteiger partial charge is 0.494 e. The predicted molar refractivity (Wildman–Crippen MR) is 115 cm³/mol. The molecule has 7 heteroatoms. The highest BCUT2D eigenvalue weighted by molar-refractivity contribution is 7.67. The van der Waals surface area contributed by atoms with E-state index in [9.17, 15) is 4.57 Å². The van der Waals surface area contributed by atoms with Crippen LogP contribution in [-0.4, -0.2) is 53.8 Å². The molecule has 1 heterocycles. The molecule has 1 saturated heterocycles. The average Bonchev–Trinajstić information content (AvgIpc) is 2.85. The predicted octanol–water partition coefficient (Wildman–Crippen LogP) is 3.49. The molecule has 1 aliphatic rings. The molecule has 152 valence electrons. The van der Waals surface area contributed by atoms with Gasteiger partial charge in [0, 0.05) is 31.5 Å². The summed E-state index contributed by atoms with van der Waals surface area (Å²) in [5.41, 5.74) is 0.134. The SMILES string of the molecule is CCN(CC)P(=O)(c1cccc(B2OC(C)(C)C(C)(C)O2)c1)N(CC)CC. The quantitative estimate of drug-likeness (QED) is 0.499. The van der Waals surface area contributed by atoms with Gasteiger partial charge < -0.3 is 9.31 Å². The highest BCUT2D eigenvalue weighted by Crippen LogP contribution is 2.51. The Kier molecular flexibility index (Phi) is 7.03. The molecule has 0 atom stereocenters. The van der Waals surface area contributed by atoms with Crippen LogP contribution in [0.25, 0.3) is 0 Å². The maximum atomic E-state index is 14.3. The normalized spacial score (nSPS) is 19.3. The van der Waals surface area contributed by atoms with E-state index in [1.807, 2.05) is 52.0 Å². The molecule has 2 rings (SSSR count). The van der Waals surface area contributed by atoms with Crippen molar-refractivity contribution in [2.75, 3.05) is 26.2 Å². The molecule has 0 aliphatic carbocycles. The molecule has 0 spiro atoms.